The summed E-state index contributed by atoms with van der Waals surface area (Å²) in [6, 6.07) is 3.40. The number of carbonyl (C=O) groups excluding carboxylic acids is 1. The molecule has 2 aliphatic heterocycles. The molecule has 0 N–H and O–H groups in total. The second-order valence-corrected chi connectivity index (χ2v) is 12.1. The third-order valence-electron chi connectivity index (χ3n) is 7.53. The number of hydrogen-bond acceptors (Lipinski definition) is 7. The lowest BCUT2D eigenvalue weighted by Crippen LogP contribution is -2.44. The lowest BCUT2D eigenvalue weighted by atomic mass is 9.78. The number of hydrogen-bond donors (Lipinski definition) is 0. The second-order valence-electron chi connectivity index (χ2n) is 10.9. The van der Waals surface area contributed by atoms with E-state index in [2.05, 4.69) is 30.9 Å². The van der Waals surface area contributed by atoms with Crippen LogP contribution in [0.25, 0.3) is 10.9 Å². The Morgan fingerprint density at radius 1 is 1.27 bits per heavy atom. The van der Waals surface area contributed by atoms with Gasteiger partial charge in [0.25, 0.3) is 5.91 Å². The van der Waals surface area contributed by atoms with Gasteiger partial charge < -0.3 is 19.4 Å². The number of amides is 1. The summed E-state index contributed by atoms with van der Waals surface area (Å²) < 4.78 is 37.3. The van der Waals surface area contributed by atoms with Crippen LogP contribution in [-0.2, 0) is 13.1 Å². The molecule has 0 saturated carbocycles. The number of fused-ring (bicyclic) bond motifs is 2. The lowest BCUT2D eigenvalue weighted by molar-refractivity contribution is 0.0821. The van der Waals surface area contributed by atoms with Crippen LogP contribution >= 0.6 is 27.5 Å². The Kier molecular flexibility index (Phi) is 8.04. The van der Waals surface area contributed by atoms with E-state index in [0.29, 0.717) is 67.8 Å². The van der Waals surface area contributed by atoms with Crippen LogP contribution in [0.15, 0.2) is 28.5 Å². The summed E-state index contributed by atoms with van der Waals surface area (Å²) in [7, 11) is 5.35. The van der Waals surface area contributed by atoms with Crippen molar-refractivity contribution in [2.45, 2.75) is 32.9 Å². The first-order chi connectivity index (χ1) is 19.0. The molecule has 2 aliphatic rings. The van der Waals surface area contributed by atoms with E-state index in [-0.39, 0.29) is 33.5 Å². The van der Waals surface area contributed by atoms with Gasteiger partial charge in [0.05, 0.1) is 28.1 Å². The highest BCUT2D eigenvalue weighted by Gasteiger charge is 2.36. The Hall–Kier alpha value is -2.83. The number of likely N-dealkylation sites (tertiary alicyclic amines) is 1. The smallest absolute Gasteiger partial charge is 0.319 e. The Bertz CT molecular complexity index is 1500. The Morgan fingerprint density at radius 2 is 2.05 bits per heavy atom. The number of benzene rings is 1. The molecule has 0 radical (unpaired) electrons. The Morgan fingerprint density at radius 3 is 2.77 bits per heavy atom. The maximum Gasteiger partial charge on any atom is 0.319 e. The molecule has 3 aromatic rings. The van der Waals surface area contributed by atoms with Crippen molar-refractivity contribution in [1.29, 1.82) is 0 Å². The average molecular weight is 639 g/mol. The third-order valence-corrected chi connectivity index (χ3v) is 8.84. The summed E-state index contributed by atoms with van der Waals surface area (Å²) in [4.78, 5) is 27.3. The van der Waals surface area contributed by atoms with Gasteiger partial charge in [0.2, 0.25) is 0 Å². The van der Waals surface area contributed by atoms with E-state index in [9.17, 15) is 9.18 Å². The SMILES string of the molecule is CN1CC/C(=C\F)[C@](C)(COc2nc(N3CCCn4nc(C(=O)N(C)C)cc4C3)c3cc(Cl)c(Br)c(F)c3n2)C1. The second kappa shape index (κ2) is 11.2. The molecule has 1 atom stereocenters. The van der Waals surface area contributed by atoms with Crippen molar-refractivity contribution >= 4 is 50.2 Å². The highest BCUT2D eigenvalue weighted by molar-refractivity contribution is 9.10. The maximum absolute atomic E-state index is 15.5. The summed E-state index contributed by atoms with van der Waals surface area (Å²) in [5, 5.41) is 5.13. The summed E-state index contributed by atoms with van der Waals surface area (Å²) >= 11 is 9.57. The quantitative estimate of drug-likeness (QED) is 0.361. The van der Waals surface area contributed by atoms with Crippen molar-refractivity contribution < 1.29 is 18.3 Å². The van der Waals surface area contributed by atoms with Crippen molar-refractivity contribution in [3.05, 3.63) is 50.7 Å². The average Bonchev–Trinajstić information content (AvgIpc) is 3.21. The maximum atomic E-state index is 15.5. The van der Waals surface area contributed by atoms with Gasteiger partial charge in [-0.2, -0.15) is 15.1 Å². The summed E-state index contributed by atoms with van der Waals surface area (Å²) in [6.45, 7) is 5.01. The van der Waals surface area contributed by atoms with Gasteiger partial charge in [0.1, 0.15) is 17.9 Å². The van der Waals surface area contributed by atoms with Crippen LogP contribution in [0.4, 0.5) is 14.6 Å². The highest BCUT2D eigenvalue weighted by Crippen LogP contribution is 2.38. The van der Waals surface area contributed by atoms with Crippen LogP contribution < -0.4 is 9.64 Å². The molecule has 1 fully saturated rings. The minimum Gasteiger partial charge on any atom is -0.462 e. The number of aromatic nitrogens is 4. The molecule has 4 heterocycles. The third kappa shape index (κ3) is 5.40. The first kappa shape index (κ1) is 28.7. The fourth-order valence-electron chi connectivity index (χ4n) is 5.36. The van der Waals surface area contributed by atoms with Gasteiger partial charge in [0, 0.05) is 51.1 Å². The Labute approximate surface area is 244 Å². The van der Waals surface area contributed by atoms with Gasteiger partial charge in [-0.1, -0.05) is 18.5 Å². The molecule has 13 heteroatoms. The number of carbonyl (C=O) groups is 1. The van der Waals surface area contributed by atoms with Crippen LogP contribution in [0.3, 0.4) is 0 Å². The van der Waals surface area contributed by atoms with Crippen molar-refractivity contribution in [3.63, 3.8) is 0 Å². The van der Waals surface area contributed by atoms with Crippen molar-refractivity contribution in [2.24, 2.45) is 5.41 Å². The summed E-state index contributed by atoms with van der Waals surface area (Å²) in [5.41, 5.74) is 1.32. The normalized spacial score (nSPS) is 21.0. The fraction of sp³-hybridized carbons (Fsp3) is 0.481. The minimum atomic E-state index is -0.623. The molecule has 5 rings (SSSR count). The minimum absolute atomic E-state index is 0.00971. The van der Waals surface area contributed by atoms with Gasteiger partial charge in [-0.25, -0.2) is 8.78 Å². The van der Waals surface area contributed by atoms with Gasteiger partial charge in [-0.05, 0) is 53.5 Å². The number of rotatable bonds is 5. The van der Waals surface area contributed by atoms with E-state index in [4.69, 9.17) is 21.3 Å². The zero-order chi connectivity index (χ0) is 28.8. The van der Waals surface area contributed by atoms with Crippen LogP contribution in [0.2, 0.25) is 5.02 Å². The summed E-state index contributed by atoms with van der Waals surface area (Å²) in [6.07, 6.45) is 1.97. The summed E-state index contributed by atoms with van der Waals surface area (Å²) in [5.74, 6) is -0.351. The standard InChI is InChI=1S/C27H31BrClF2N7O2/c1-27(14-36(4)9-6-16(27)12-30)15-40-26-32-23-18(11-19(29)21(28)22(23)31)24(33-26)37-7-5-8-38-17(13-37)10-20(34-38)25(39)35(2)3/h10-12H,5-9,13-15H2,1-4H3/b16-12+/t27-/m0/s1. The molecule has 0 spiro atoms. The van der Waals surface area contributed by atoms with E-state index in [1.165, 1.54) is 4.90 Å². The molecule has 1 aromatic carbocycles. The molecular formula is C27H31BrClF2N7O2. The van der Waals surface area contributed by atoms with Gasteiger partial charge >= 0.3 is 6.01 Å². The molecule has 9 nitrogen and oxygen atoms in total. The van der Waals surface area contributed by atoms with Crippen molar-refractivity contribution in [1.82, 2.24) is 29.5 Å². The monoisotopic (exact) mass is 637 g/mol. The van der Waals surface area contributed by atoms with Crippen LogP contribution in [-0.4, -0.2) is 82.8 Å². The highest BCUT2D eigenvalue weighted by atomic mass is 79.9. The zero-order valence-corrected chi connectivity index (χ0v) is 25.2. The number of halogens is 4. The van der Waals surface area contributed by atoms with E-state index in [0.717, 1.165) is 12.2 Å². The molecule has 0 bridgehead atoms. The molecule has 214 valence electrons. The van der Waals surface area contributed by atoms with Crippen molar-refractivity contribution in [2.75, 3.05) is 52.3 Å². The first-order valence-corrected chi connectivity index (χ1v) is 14.2. The first-order valence-electron chi connectivity index (χ1n) is 13.0. The van der Waals surface area contributed by atoms with Crippen molar-refractivity contribution in [3.8, 4) is 6.01 Å². The number of piperidine rings is 1. The number of ether oxygens (including phenoxy) is 1. The molecule has 1 saturated heterocycles. The fourth-order valence-corrected chi connectivity index (χ4v) is 5.85. The Balaban J connectivity index is 1.54. The van der Waals surface area contributed by atoms with Crippen LogP contribution in [0.5, 0.6) is 6.01 Å². The van der Waals surface area contributed by atoms with Gasteiger partial charge in [-0.15, -0.1) is 0 Å². The zero-order valence-electron chi connectivity index (χ0n) is 22.8. The topological polar surface area (TPSA) is 79.6 Å². The number of aryl methyl sites for hydroxylation is 1. The van der Waals surface area contributed by atoms with Crippen LogP contribution in [0.1, 0.15) is 35.9 Å². The van der Waals surface area contributed by atoms with E-state index < -0.39 is 11.2 Å². The van der Waals surface area contributed by atoms with E-state index in [1.54, 1.807) is 26.2 Å². The van der Waals surface area contributed by atoms with E-state index >= 15 is 4.39 Å². The predicted octanol–water partition coefficient (Wildman–Crippen LogP) is 5.07. The predicted molar refractivity (Wildman–Crippen MR) is 153 cm³/mol. The van der Waals surface area contributed by atoms with Gasteiger partial charge in [-0.3, -0.25) is 9.48 Å². The number of anilines is 1. The molecular weight excluding hydrogens is 608 g/mol. The largest absolute Gasteiger partial charge is 0.462 e. The molecule has 40 heavy (non-hydrogen) atoms. The molecule has 2 aromatic heterocycles. The molecule has 0 aliphatic carbocycles. The molecule has 0 unspecified atom stereocenters. The lowest BCUT2D eigenvalue weighted by Gasteiger charge is -2.40. The van der Waals surface area contributed by atoms with E-state index in [1.807, 2.05) is 23.6 Å². The number of nitrogens with zero attached hydrogens (tertiary/aromatic N) is 7. The van der Waals surface area contributed by atoms with Crippen LogP contribution in [0, 0.1) is 11.2 Å². The molecule has 1 amide bonds. The van der Waals surface area contributed by atoms with Gasteiger partial charge in [0.15, 0.2) is 11.5 Å².